The summed E-state index contributed by atoms with van der Waals surface area (Å²) < 4.78 is 92.8. The normalized spacial score (nSPS) is 12.6. The molecule has 0 saturated carbocycles. The lowest BCUT2D eigenvalue weighted by Crippen LogP contribution is -2.36. The van der Waals surface area contributed by atoms with E-state index in [1.807, 2.05) is 0 Å². The number of rotatable bonds is 7. The number of anilines is 1. The zero-order valence-electron chi connectivity index (χ0n) is 17.3. The van der Waals surface area contributed by atoms with E-state index in [1.165, 1.54) is 12.1 Å². The van der Waals surface area contributed by atoms with Gasteiger partial charge in [0, 0.05) is 6.07 Å². The molecule has 0 amide bonds. The Morgan fingerprint density at radius 1 is 0.914 bits per heavy atom. The predicted molar refractivity (Wildman–Crippen MR) is 124 cm³/mol. The van der Waals surface area contributed by atoms with Crippen molar-refractivity contribution in [1.29, 1.82) is 0 Å². The summed E-state index contributed by atoms with van der Waals surface area (Å²) in [5.41, 5.74) is -2.64. The van der Waals surface area contributed by atoms with Gasteiger partial charge in [-0.2, -0.15) is 16.9 Å². The smallest absolute Gasteiger partial charge is 0.258 e. The monoisotopic (exact) mass is 546 g/mol. The van der Waals surface area contributed by atoms with Crippen molar-refractivity contribution in [2.45, 2.75) is 11.1 Å². The average molecular weight is 547 g/mol. The minimum atomic E-state index is -5.19. The summed E-state index contributed by atoms with van der Waals surface area (Å²) in [5.74, 6) is 0. The van der Waals surface area contributed by atoms with E-state index in [0.717, 1.165) is 30.3 Å². The molecule has 35 heavy (non-hydrogen) atoms. The Morgan fingerprint density at radius 3 is 2.17 bits per heavy atom. The van der Waals surface area contributed by atoms with Gasteiger partial charge in [0.2, 0.25) is 0 Å². The van der Waals surface area contributed by atoms with Crippen LogP contribution >= 0.6 is 11.6 Å². The molecule has 0 aromatic heterocycles. The van der Waals surface area contributed by atoms with Gasteiger partial charge in [-0.05, 0) is 42.0 Å². The van der Waals surface area contributed by atoms with E-state index < -0.39 is 58.0 Å². The van der Waals surface area contributed by atoms with E-state index in [9.17, 15) is 40.1 Å². The summed E-state index contributed by atoms with van der Waals surface area (Å²) in [6, 6.07) is 12.7. The maximum absolute atomic E-state index is 13.4. The number of hydrogen-bond acceptors (Lipinski definition) is 6. The molecule has 0 aliphatic carbocycles. The van der Waals surface area contributed by atoms with Gasteiger partial charge < -0.3 is 0 Å². The summed E-state index contributed by atoms with van der Waals surface area (Å²) in [6.07, 6.45) is -3.86. The van der Waals surface area contributed by atoms with E-state index in [1.54, 1.807) is 18.2 Å². The van der Waals surface area contributed by atoms with Crippen LogP contribution in [0.4, 0.5) is 24.5 Å². The fourth-order valence-electron chi connectivity index (χ4n) is 2.89. The second-order valence-corrected chi connectivity index (χ2v) is 11.0. The number of hydrogen-bond donors (Lipinski definition) is 0. The minimum absolute atomic E-state index is 0.221. The topological polar surface area (TPSA) is 115 Å². The van der Waals surface area contributed by atoms with Crippen molar-refractivity contribution < 1.29 is 34.9 Å². The van der Waals surface area contributed by atoms with Crippen molar-refractivity contribution in [1.82, 2.24) is 0 Å². The van der Waals surface area contributed by atoms with Gasteiger partial charge in [-0.15, -0.1) is 0 Å². The largest absolute Gasteiger partial charge is 0.416 e. The Kier molecular flexibility index (Phi) is 7.24. The Labute approximate surface area is 203 Å². The van der Waals surface area contributed by atoms with E-state index in [2.05, 4.69) is 0 Å². The first-order valence-electron chi connectivity index (χ1n) is 9.38. The highest BCUT2D eigenvalue weighted by Crippen LogP contribution is 2.36. The highest BCUT2D eigenvalue weighted by Gasteiger charge is 2.38. The number of benzene rings is 3. The molecular formula is C21H14ClF3N2O6S2. The summed E-state index contributed by atoms with van der Waals surface area (Å²) >= 11 is 5.71. The molecule has 3 aromatic rings. The fraction of sp³-hybridized carbons (Fsp3) is 0.0476. The van der Waals surface area contributed by atoms with E-state index in [0.29, 0.717) is 29.2 Å². The molecule has 0 aliphatic rings. The van der Waals surface area contributed by atoms with Crippen molar-refractivity contribution in [2.75, 3.05) is 3.71 Å². The van der Waals surface area contributed by atoms with Gasteiger partial charge in [0.05, 0.1) is 26.5 Å². The molecule has 0 radical (unpaired) electrons. The zero-order chi connectivity index (χ0) is 26.0. The van der Waals surface area contributed by atoms with Crippen LogP contribution in [0.25, 0.3) is 6.08 Å². The summed E-state index contributed by atoms with van der Waals surface area (Å²) in [7, 11) is -10.2. The van der Waals surface area contributed by atoms with Crippen molar-refractivity contribution >= 4 is 49.1 Å². The van der Waals surface area contributed by atoms with Crippen molar-refractivity contribution in [2.24, 2.45) is 0 Å². The van der Waals surface area contributed by atoms with Gasteiger partial charge in [0.15, 0.2) is 0 Å². The van der Waals surface area contributed by atoms with Crippen LogP contribution in [0.15, 0.2) is 83.1 Å². The number of halogens is 4. The maximum atomic E-state index is 13.4. The zero-order valence-corrected chi connectivity index (χ0v) is 19.6. The highest BCUT2D eigenvalue weighted by atomic mass is 35.5. The summed E-state index contributed by atoms with van der Waals surface area (Å²) in [6.45, 7) is 0. The number of alkyl halides is 3. The first kappa shape index (κ1) is 26.2. The molecule has 8 nitrogen and oxygen atoms in total. The maximum Gasteiger partial charge on any atom is 0.416 e. The third-order valence-electron chi connectivity index (χ3n) is 4.48. The second kappa shape index (κ2) is 9.68. The van der Waals surface area contributed by atoms with Crippen LogP contribution in [0, 0.1) is 10.1 Å². The molecule has 0 spiro atoms. The van der Waals surface area contributed by atoms with Crippen molar-refractivity contribution in [3.8, 4) is 0 Å². The van der Waals surface area contributed by atoms with Crippen molar-refractivity contribution in [3.63, 3.8) is 0 Å². The van der Waals surface area contributed by atoms with Crippen LogP contribution in [0.3, 0.4) is 0 Å². The van der Waals surface area contributed by atoms with Crippen LogP contribution in [-0.4, -0.2) is 21.8 Å². The van der Waals surface area contributed by atoms with Crippen LogP contribution in [0.1, 0.15) is 11.1 Å². The first-order chi connectivity index (χ1) is 16.2. The molecule has 0 unspecified atom stereocenters. The SMILES string of the molecule is O=[N+]([O-])c1cc(S(=O)(=O)N(c2cccc(C(F)(F)F)c2)S(=O)(=O)C=Cc2ccccc2)ccc1Cl. The predicted octanol–water partition coefficient (Wildman–Crippen LogP) is 5.46. The number of nitrogens with zero attached hydrogens (tertiary/aromatic N) is 2. The van der Waals surface area contributed by atoms with E-state index in [-0.39, 0.29) is 3.71 Å². The molecule has 0 saturated heterocycles. The van der Waals surface area contributed by atoms with Crippen molar-refractivity contribution in [3.05, 3.63) is 104 Å². The van der Waals surface area contributed by atoms with Gasteiger partial charge >= 0.3 is 6.18 Å². The van der Waals surface area contributed by atoms with Crippen LogP contribution in [0.2, 0.25) is 5.02 Å². The molecule has 0 bridgehead atoms. The van der Waals surface area contributed by atoms with E-state index in [4.69, 9.17) is 11.6 Å². The molecule has 0 aliphatic heterocycles. The molecule has 0 atom stereocenters. The molecule has 0 fully saturated rings. The summed E-state index contributed by atoms with van der Waals surface area (Å²) in [4.78, 5) is 9.35. The average Bonchev–Trinajstić information content (AvgIpc) is 2.78. The van der Waals surface area contributed by atoms with E-state index >= 15 is 0 Å². The molecule has 3 aromatic carbocycles. The minimum Gasteiger partial charge on any atom is -0.258 e. The molecule has 3 rings (SSSR count). The molecule has 184 valence electrons. The molecule has 0 N–H and O–H groups in total. The quantitative estimate of drug-likeness (QED) is 0.287. The Hall–Kier alpha value is -3.42. The highest BCUT2D eigenvalue weighted by molar-refractivity contribution is 8.11. The molecule has 14 heteroatoms. The Bertz CT molecular complexity index is 1510. The summed E-state index contributed by atoms with van der Waals surface area (Å²) in [5, 5.41) is 11.3. The molecule has 0 heterocycles. The molecular weight excluding hydrogens is 533 g/mol. The lowest BCUT2D eigenvalue weighted by molar-refractivity contribution is -0.384. The third kappa shape index (κ3) is 5.81. The Balaban J connectivity index is 2.25. The number of nitro benzene ring substituents is 1. The number of sulfonamides is 2. The fourth-order valence-corrected chi connectivity index (χ4v) is 6.51. The van der Waals surface area contributed by atoms with Gasteiger partial charge in [-0.3, -0.25) is 10.1 Å². The van der Waals surface area contributed by atoms with Crippen LogP contribution in [0.5, 0.6) is 0 Å². The lowest BCUT2D eigenvalue weighted by atomic mass is 10.2. The number of nitro groups is 1. The standard InChI is InChI=1S/C21H14ClF3N2O6S2/c22-19-10-9-18(14-20(19)26(28)29)35(32,33)27(17-8-4-7-16(13-17)21(23,24)25)34(30,31)12-11-15-5-2-1-3-6-15/h1-14H. The lowest BCUT2D eigenvalue weighted by Gasteiger charge is -2.23. The first-order valence-corrected chi connectivity index (χ1v) is 12.7. The van der Waals surface area contributed by atoms with Crippen LogP contribution in [-0.2, 0) is 26.2 Å². The van der Waals surface area contributed by atoms with Crippen LogP contribution < -0.4 is 3.71 Å². The van der Waals surface area contributed by atoms with Gasteiger partial charge in [0.1, 0.15) is 5.02 Å². The van der Waals surface area contributed by atoms with Gasteiger partial charge in [-0.1, -0.05) is 48.0 Å². The third-order valence-corrected chi connectivity index (χ3v) is 8.66. The van der Waals surface area contributed by atoms with Gasteiger partial charge in [-0.25, -0.2) is 16.8 Å². The Morgan fingerprint density at radius 2 is 1.57 bits per heavy atom. The second-order valence-electron chi connectivity index (χ2n) is 6.88. The van der Waals surface area contributed by atoms with Gasteiger partial charge in [0.25, 0.3) is 25.7 Å².